The molecular weight excluding hydrogens is 244 g/mol. The Morgan fingerprint density at radius 3 is 2.36 bits per heavy atom. The summed E-state index contributed by atoms with van der Waals surface area (Å²) < 4.78 is 12.0. The Balaban J connectivity index is 2.37. The van der Waals surface area contributed by atoms with Gasteiger partial charge in [0.25, 0.3) is 0 Å². The normalized spacial score (nSPS) is 17.6. The van der Waals surface area contributed by atoms with Crippen LogP contribution in [0.4, 0.5) is 0 Å². The lowest BCUT2D eigenvalue weighted by Crippen LogP contribution is -2.00. The van der Waals surface area contributed by atoms with Gasteiger partial charge in [0.15, 0.2) is 6.29 Å². The van der Waals surface area contributed by atoms with Crippen molar-refractivity contribution in [3.05, 3.63) is 33.3 Å². The largest absolute Gasteiger partial charge is 0.346 e. The van der Waals surface area contributed by atoms with E-state index in [1.54, 1.807) is 0 Å². The van der Waals surface area contributed by atoms with Gasteiger partial charge in [-0.25, -0.2) is 0 Å². The van der Waals surface area contributed by atoms with Crippen molar-refractivity contribution in [2.24, 2.45) is 0 Å². The molecule has 1 aromatic carbocycles. The van der Waals surface area contributed by atoms with E-state index in [4.69, 9.17) is 9.47 Å². The first-order chi connectivity index (χ1) is 6.68. The van der Waals surface area contributed by atoms with E-state index in [0.717, 1.165) is 10.0 Å². The molecule has 1 aromatic rings. The fourth-order valence-electron chi connectivity index (χ4n) is 1.52. The molecule has 0 atom stereocenters. The van der Waals surface area contributed by atoms with Crippen molar-refractivity contribution in [1.82, 2.24) is 0 Å². The average Bonchev–Trinajstić information content (AvgIpc) is 2.64. The molecule has 0 amide bonds. The van der Waals surface area contributed by atoms with Gasteiger partial charge in [-0.15, -0.1) is 0 Å². The lowest BCUT2D eigenvalue weighted by Gasteiger charge is -2.13. The second kappa shape index (κ2) is 4.01. The van der Waals surface area contributed by atoms with Gasteiger partial charge in [0.2, 0.25) is 0 Å². The zero-order valence-corrected chi connectivity index (χ0v) is 9.93. The van der Waals surface area contributed by atoms with Gasteiger partial charge in [0, 0.05) is 10.0 Å². The number of ether oxygens (including phenoxy) is 2. The lowest BCUT2D eigenvalue weighted by atomic mass is 10.1. The van der Waals surface area contributed by atoms with Crippen LogP contribution in [0, 0.1) is 13.8 Å². The second-order valence-electron chi connectivity index (χ2n) is 3.53. The van der Waals surface area contributed by atoms with Gasteiger partial charge in [-0.1, -0.05) is 15.9 Å². The number of hydrogen-bond acceptors (Lipinski definition) is 2. The van der Waals surface area contributed by atoms with Crippen molar-refractivity contribution in [1.29, 1.82) is 0 Å². The van der Waals surface area contributed by atoms with E-state index < -0.39 is 0 Å². The number of hydrogen-bond donors (Lipinski definition) is 0. The highest BCUT2D eigenvalue weighted by atomic mass is 79.9. The molecule has 1 aliphatic heterocycles. The average molecular weight is 257 g/mol. The Labute approximate surface area is 92.3 Å². The molecule has 2 nitrogen and oxygen atoms in total. The Bertz CT molecular complexity index is 343. The van der Waals surface area contributed by atoms with Gasteiger partial charge in [0.05, 0.1) is 13.2 Å². The third-order valence-corrected chi connectivity index (χ3v) is 3.18. The zero-order valence-electron chi connectivity index (χ0n) is 8.34. The summed E-state index contributed by atoms with van der Waals surface area (Å²) in [7, 11) is 0. The highest BCUT2D eigenvalue weighted by molar-refractivity contribution is 9.10. The maximum absolute atomic E-state index is 5.46. The Hall–Kier alpha value is -0.380. The minimum absolute atomic E-state index is 0.191. The summed E-state index contributed by atoms with van der Waals surface area (Å²) in [4.78, 5) is 0. The summed E-state index contributed by atoms with van der Waals surface area (Å²) in [6.45, 7) is 5.56. The number of benzene rings is 1. The fraction of sp³-hybridized carbons (Fsp3) is 0.455. The summed E-state index contributed by atoms with van der Waals surface area (Å²) in [6, 6.07) is 4.23. The molecule has 1 saturated heterocycles. The summed E-state index contributed by atoms with van der Waals surface area (Å²) in [5, 5.41) is 0. The third-order valence-electron chi connectivity index (χ3n) is 2.49. The van der Waals surface area contributed by atoms with Crippen LogP contribution in [0.3, 0.4) is 0 Å². The topological polar surface area (TPSA) is 18.5 Å². The van der Waals surface area contributed by atoms with Crippen LogP contribution in [0.25, 0.3) is 0 Å². The minimum atomic E-state index is -0.191. The predicted octanol–water partition coefficient (Wildman–Crippen LogP) is 3.11. The molecule has 0 N–H and O–H groups in total. The molecule has 0 bridgehead atoms. The summed E-state index contributed by atoms with van der Waals surface area (Å²) in [5.74, 6) is 0. The summed E-state index contributed by atoms with van der Waals surface area (Å²) in [6.07, 6.45) is -0.191. The van der Waals surface area contributed by atoms with Crippen molar-refractivity contribution in [2.45, 2.75) is 20.1 Å². The van der Waals surface area contributed by atoms with E-state index in [9.17, 15) is 0 Å². The fourth-order valence-corrected chi connectivity index (χ4v) is 2.17. The molecule has 1 heterocycles. The van der Waals surface area contributed by atoms with E-state index in [-0.39, 0.29) is 6.29 Å². The van der Waals surface area contributed by atoms with Crippen LogP contribution in [0.2, 0.25) is 0 Å². The minimum Gasteiger partial charge on any atom is -0.346 e. The van der Waals surface area contributed by atoms with Crippen LogP contribution in [0.1, 0.15) is 23.0 Å². The van der Waals surface area contributed by atoms with E-state index in [1.165, 1.54) is 11.1 Å². The van der Waals surface area contributed by atoms with Crippen LogP contribution < -0.4 is 0 Å². The molecule has 1 aliphatic rings. The Kier molecular flexibility index (Phi) is 2.91. The molecular formula is C11H13BrO2. The van der Waals surface area contributed by atoms with Crippen molar-refractivity contribution in [3.8, 4) is 0 Å². The second-order valence-corrected chi connectivity index (χ2v) is 4.39. The molecule has 76 valence electrons. The highest BCUT2D eigenvalue weighted by Gasteiger charge is 2.21. The first-order valence-corrected chi connectivity index (χ1v) is 5.47. The molecule has 3 heteroatoms. The zero-order chi connectivity index (χ0) is 10.1. The first kappa shape index (κ1) is 10.1. The number of rotatable bonds is 1. The van der Waals surface area contributed by atoms with Gasteiger partial charge in [-0.3, -0.25) is 0 Å². The van der Waals surface area contributed by atoms with Gasteiger partial charge in [-0.05, 0) is 37.1 Å². The molecule has 2 rings (SSSR count). The maximum Gasteiger partial charge on any atom is 0.185 e. The Morgan fingerprint density at radius 1 is 1.14 bits per heavy atom. The van der Waals surface area contributed by atoms with Crippen molar-refractivity contribution in [3.63, 3.8) is 0 Å². The molecule has 14 heavy (non-hydrogen) atoms. The number of halogens is 1. The molecule has 0 aromatic heterocycles. The van der Waals surface area contributed by atoms with E-state index in [0.29, 0.717) is 13.2 Å². The Morgan fingerprint density at radius 2 is 1.71 bits per heavy atom. The molecule has 0 aliphatic carbocycles. The standard InChI is InChI=1S/C11H13BrO2/c1-7-5-9(10(12)6-8(7)2)11-13-3-4-14-11/h5-6,11H,3-4H2,1-2H3. The first-order valence-electron chi connectivity index (χ1n) is 4.68. The third kappa shape index (κ3) is 1.85. The van der Waals surface area contributed by atoms with Gasteiger partial charge in [-0.2, -0.15) is 0 Å². The molecule has 0 unspecified atom stereocenters. The molecule has 0 spiro atoms. The smallest absolute Gasteiger partial charge is 0.185 e. The van der Waals surface area contributed by atoms with Crippen LogP contribution in [0.15, 0.2) is 16.6 Å². The number of aryl methyl sites for hydroxylation is 2. The van der Waals surface area contributed by atoms with Gasteiger partial charge >= 0.3 is 0 Å². The van der Waals surface area contributed by atoms with Crippen LogP contribution in [-0.2, 0) is 9.47 Å². The van der Waals surface area contributed by atoms with Gasteiger partial charge < -0.3 is 9.47 Å². The highest BCUT2D eigenvalue weighted by Crippen LogP contribution is 2.31. The summed E-state index contributed by atoms with van der Waals surface area (Å²) in [5.41, 5.74) is 3.63. The predicted molar refractivity (Wildman–Crippen MR) is 58.3 cm³/mol. The van der Waals surface area contributed by atoms with Crippen LogP contribution in [0.5, 0.6) is 0 Å². The quantitative estimate of drug-likeness (QED) is 0.769. The van der Waals surface area contributed by atoms with Crippen molar-refractivity contribution < 1.29 is 9.47 Å². The SMILES string of the molecule is Cc1cc(Br)c(C2OCCO2)cc1C. The summed E-state index contributed by atoms with van der Waals surface area (Å²) >= 11 is 3.53. The van der Waals surface area contributed by atoms with E-state index >= 15 is 0 Å². The van der Waals surface area contributed by atoms with Crippen LogP contribution in [-0.4, -0.2) is 13.2 Å². The molecule has 1 fully saturated rings. The molecule has 0 saturated carbocycles. The van der Waals surface area contributed by atoms with E-state index in [1.807, 2.05) is 0 Å². The molecule has 0 radical (unpaired) electrons. The van der Waals surface area contributed by atoms with Gasteiger partial charge in [0.1, 0.15) is 0 Å². The maximum atomic E-state index is 5.46. The monoisotopic (exact) mass is 256 g/mol. The van der Waals surface area contributed by atoms with E-state index in [2.05, 4.69) is 41.9 Å². The van der Waals surface area contributed by atoms with Crippen molar-refractivity contribution in [2.75, 3.05) is 13.2 Å². The lowest BCUT2D eigenvalue weighted by molar-refractivity contribution is -0.0446. The van der Waals surface area contributed by atoms with Crippen molar-refractivity contribution >= 4 is 15.9 Å². The van der Waals surface area contributed by atoms with Crippen LogP contribution >= 0.6 is 15.9 Å².